The predicted octanol–water partition coefficient (Wildman–Crippen LogP) is 16.5. The van der Waals surface area contributed by atoms with Gasteiger partial charge in [-0.2, -0.15) is 0 Å². The highest BCUT2D eigenvalue weighted by molar-refractivity contribution is 6.25. The first-order valence-corrected chi connectivity index (χ1v) is 20.3. The van der Waals surface area contributed by atoms with Crippen LogP contribution in [0.15, 0.2) is 173 Å². The number of furan rings is 2. The van der Waals surface area contributed by atoms with E-state index in [1.165, 1.54) is 22.3 Å². The quantitative estimate of drug-likeness (QED) is 0.158. The van der Waals surface area contributed by atoms with Crippen LogP contribution in [0.2, 0.25) is 0 Å². The molecule has 0 bridgehead atoms. The predicted molar refractivity (Wildman–Crippen MR) is 251 cm³/mol. The highest BCUT2D eigenvalue weighted by atomic mass is 16.4. The van der Waals surface area contributed by atoms with Crippen LogP contribution < -0.4 is 9.80 Å². The van der Waals surface area contributed by atoms with Gasteiger partial charge in [-0.15, -0.1) is 0 Å². The molecule has 286 valence electrons. The Morgan fingerprint density at radius 1 is 0.400 bits per heavy atom. The maximum atomic E-state index is 8.32. The van der Waals surface area contributed by atoms with Gasteiger partial charge in [0.1, 0.15) is 11.2 Å². The minimum Gasteiger partial charge on any atom is -0.453 e. The van der Waals surface area contributed by atoms with Crippen molar-refractivity contribution in [2.75, 3.05) is 9.80 Å². The zero-order chi connectivity index (χ0) is 40.6. The molecule has 0 amide bonds. The zero-order valence-corrected chi connectivity index (χ0v) is 33.7. The van der Waals surface area contributed by atoms with Gasteiger partial charge in [-0.3, -0.25) is 0 Å². The van der Waals surface area contributed by atoms with E-state index in [2.05, 4.69) is 200 Å². The first kappa shape index (κ1) is 35.4. The molecule has 9 aromatic carbocycles. The molecule has 0 aliphatic rings. The lowest BCUT2D eigenvalue weighted by molar-refractivity contribution is 0.634. The second-order valence-electron chi connectivity index (χ2n) is 15.9. The SMILES string of the molecule is [C-]#[N+]c1cc2c3cc4ccc(N(c5ccccc5C)c5ccccc5C)cc4cc3oc2c2oc3cc4cc(N(c5ccccc5C)c5ccccc5C)ccc4cc3c12. The Hall–Kier alpha value is -7.81. The minimum atomic E-state index is 0.544. The van der Waals surface area contributed by atoms with Crippen LogP contribution in [0.25, 0.3) is 70.3 Å². The highest BCUT2D eigenvalue weighted by Crippen LogP contribution is 2.47. The Morgan fingerprint density at radius 3 is 1.27 bits per heavy atom. The Balaban J connectivity index is 1.07. The number of hydrogen-bond acceptors (Lipinski definition) is 4. The molecule has 2 aromatic heterocycles. The van der Waals surface area contributed by atoms with Crippen molar-refractivity contribution in [3.63, 3.8) is 0 Å². The molecular formula is C55H39N3O2. The number of benzene rings is 9. The summed E-state index contributed by atoms with van der Waals surface area (Å²) in [5, 5.41) is 7.76. The summed E-state index contributed by atoms with van der Waals surface area (Å²) in [6.45, 7) is 16.9. The molecule has 2 heterocycles. The van der Waals surface area contributed by atoms with Crippen molar-refractivity contribution in [3.8, 4) is 0 Å². The van der Waals surface area contributed by atoms with Crippen molar-refractivity contribution >= 4 is 105 Å². The molecule has 0 saturated carbocycles. The fraction of sp³-hybridized carbons (Fsp3) is 0.0727. The Bertz CT molecular complexity index is 3490. The van der Waals surface area contributed by atoms with Gasteiger partial charge in [0.25, 0.3) is 0 Å². The third kappa shape index (κ3) is 5.53. The summed E-state index contributed by atoms with van der Waals surface area (Å²) in [7, 11) is 0. The van der Waals surface area contributed by atoms with Crippen molar-refractivity contribution < 1.29 is 8.83 Å². The van der Waals surface area contributed by atoms with Gasteiger partial charge in [0.15, 0.2) is 16.9 Å². The number of para-hydroxylation sites is 4. The minimum absolute atomic E-state index is 0.544. The number of aryl methyl sites for hydroxylation is 4. The molecule has 0 fully saturated rings. The molecule has 0 unspecified atom stereocenters. The Morgan fingerprint density at radius 2 is 0.817 bits per heavy atom. The van der Waals surface area contributed by atoms with Crippen molar-refractivity contribution in [2.45, 2.75) is 27.7 Å². The number of hydrogen-bond donors (Lipinski definition) is 0. The normalized spacial score (nSPS) is 11.7. The van der Waals surface area contributed by atoms with E-state index in [0.29, 0.717) is 22.4 Å². The molecule has 0 N–H and O–H groups in total. The van der Waals surface area contributed by atoms with E-state index < -0.39 is 0 Å². The van der Waals surface area contributed by atoms with Crippen molar-refractivity contribution in [2.24, 2.45) is 0 Å². The molecule has 0 radical (unpaired) electrons. The summed E-state index contributed by atoms with van der Waals surface area (Å²) in [5.41, 5.74) is 14.7. The first-order valence-electron chi connectivity index (χ1n) is 20.3. The van der Waals surface area contributed by atoms with Crippen molar-refractivity contribution in [1.82, 2.24) is 0 Å². The largest absolute Gasteiger partial charge is 0.453 e. The second kappa shape index (κ2) is 13.7. The monoisotopic (exact) mass is 773 g/mol. The van der Waals surface area contributed by atoms with Gasteiger partial charge in [-0.25, -0.2) is 4.85 Å². The summed E-state index contributed by atoms with van der Waals surface area (Å²) in [6, 6.07) is 57.7. The molecular weight excluding hydrogens is 735 g/mol. The fourth-order valence-electron chi connectivity index (χ4n) is 9.05. The summed E-state index contributed by atoms with van der Waals surface area (Å²) in [5.74, 6) is 0. The van der Waals surface area contributed by atoms with Crippen LogP contribution in [0.1, 0.15) is 22.3 Å². The van der Waals surface area contributed by atoms with Crippen LogP contribution in [0, 0.1) is 34.3 Å². The number of rotatable bonds is 6. The van der Waals surface area contributed by atoms with E-state index in [1.54, 1.807) is 0 Å². The van der Waals surface area contributed by atoms with Gasteiger partial charge in [0.2, 0.25) is 0 Å². The number of nitrogens with zero attached hydrogens (tertiary/aromatic N) is 3. The van der Waals surface area contributed by atoms with Gasteiger partial charge >= 0.3 is 0 Å². The lowest BCUT2D eigenvalue weighted by atomic mass is 10.0. The van der Waals surface area contributed by atoms with Gasteiger partial charge in [0.05, 0.1) is 6.57 Å². The molecule has 0 aliphatic carbocycles. The maximum Gasteiger partial charge on any atom is 0.199 e. The van der Waals surface area contributed by atoms with E-state index in [4.69, 9.17) is 15.4 Å². The van der Waals surface area contributed by atoms with E-state index in [-0.39, 0.29) is 0 Å². The summed E-state index contributed by atoms with van der Waals surface area (Å²) >= 11 is 0. The highest BCUT2D eigenvalue weighted by Gasteiger charge is 2.23. The molecule has 0 aliphatic heterocycles. The standard InChI is InChI=1S/C55H39N3O2/c1-33-14-6-10-18-47(33)57(48-19-11-7-15-34(48)2)41-24-22-37-28-43-44-32-46(56-5)53-45-29-38-23-25-42(58(49-20-12-8-16-35(49)3)50-21-13-9-17-36(50)4)27-40(38)31-52(45)60-55(53)54(44)59-51(43)30-39(37)26-41/h6-32H,1-4H3. The van der Waals surface area contributed by atoms with Crippen LogP contribution in [-0.2, 0) is 0 Å². The average molecular weight is 774 g/mol. The topological polar surface area (TPSA) is 37.1 Å². The van der Waals surface area contributed by atoms with E-state index in [1.807, 2.05) is 6.07 Å². The molecule has 5 heteroatoms. The van der Waals surface area contributed by atoms with Crippen molar-refractivity contribution in [1.29, 1.82) is 0 Å². The Labute approximate surface area is 347 Å². The lowest BCUT2D eigenvalue weighted by Gasteiger charge is -2.28. The summed E-state index contributed by atoms with van der Waals surface area (Å²) in [6.07, 6.45) is 0. The van der Waals surface area contributed by atoms with Crippen LogP contribution in [0.4, 0.5) is 39.8 Å². The second-order valence-corrected chi connectivity index (χ2v) is 15.9. The first-order chi connectivity index (χ1) is 29.3. The molecule has 0 atom stereocenters. The molecule has 5 nitrogen and oxygen atoms in total. The Kier molecular flexibility index (Phi) is 8.05. The molecule has 11 aromatic rings. The lowest BCUT2D eigenvalue weighted by Crippen LogP contribution is -2.12. The van der Waals surface area contributed by atoms with Gasteiger partial charge in [-0.1, -0.05) is 84.9 Å². The molecule has 0 saturated heterocycles. The van der Waals surface area contributed by atoms with Gasteiger partial charge < -0.3 is 18.6 Å². The fourth-order valence-corrected chi connectivity index (χ4v) is 9.05. The molecule has 0 spiro atoms. The summed E-state index contributed by atoms with van der Waals surface area (Å²) in [4.78, 5) is 8.73. The average Bonchev–Trinajstić information content (AvgIpc) is 3.82. The zero-order valence-electron chi connectivity index (χ0n) is 33.7. The van der Waals surface area contributed by atoms with Crippen molar-refractivity contribution in [3.05, 3.63) is 197 Å². The van der Waals surface area contributed by atoms with Crippen LogP contribution in [-0.4, -0.2) is 0 Å². The van der Waals surface area contributed by atoms with Crippen LogP contribution >= 0.6 is 0 Å². The number of fused-ring (bicyclic) bond motifs is 9. The maximum absolute atomic E-state index is 8.32. The summed E-state index contributed by atoms with van der Waals surface area (Å²) < 4.78 is 13.5. The van der Waals surface area contributed by atoms with E-state index in [9.17, 15) is 0 Å². The third-order valence-electron chi connectivity index (χ3n) is 12.1. The van der Waals surface area contributed by atoms with Crippen LogP contribution in [0.5, 0.6) is 0 Å². The molecule has 60 heavy (non-hydrogen) atoms. The number of anilines is 6. The van der Waals surface area contributed by atoms with Gasteiger partial charge in [0, 0.05) is 55.7 Å². The third-order valence-corrected chi connectivity index (χ3v) is 12.1. The smallest absolute Gasteiger partial charge is 0.199 e. The van der Waals surface area contributed by atoms with Crippen LogP contribution in [0.3, 0.4) is 0 Å². The van der Waals surface area contributed by atoms with E-state index in [0.717, 1.165) is 82.8 Å². The van der Waals surface area contributed by atoms with E-state index >= 15 is 0 Å². The molecule has 11 rings (SSSR count). The van der Waals surface area contributed by atoms with Gasteiger partial charge in [-0.05, 0) is 150 Å².